The van der Waals surface area contributed by atoms with Crippen LogP contribution in [0.2, 0.25) is 0 Å². The van der Waals surface area contributed by atoms with Crippen molar-refractivity contribution < 1.29 is 9.53 Å². The van der Waals surface area contributed by atoms with Gasteiger partial charge < -0.3 is 10.1 Å². The first-order valence-corrected chi connectivity index (χ1v) is 9.14. The van der Waals surface area contributed by atoms with E-state index in [4.69, 9.17) is 4.74 Å². The number of aromatic nitrogens is 3. The quantitative estimate of drug-likeness (QED) is 0.687. The topological polar surface area (TPSA) is 69.0 Å². The maximum Gasteiger partial charge on any atom is 0.338 e. The highest BCUT2D eigenvalue weighted by atomic mass is 16.5. The van der Waals surface area contributed by atoms with Crippen molar-refractivity contribution >= 4 is 23.7 Å². The Balaban J connectivity index is 1.85. The van der Waals surface area contributed by atoms with Crippen LogP contribution in [-0.2, 0) is 9.53 Å². The molecule has 1 aliphatic rings. The molecule has 0 bridgehead atoms. The zero-order chi connectivity index (χ0) is 19.3. The third-order valence-corrected chi connectivity index (χ3v) is 4.47. The van der Waals surface area contributed by atoms with E-state index in [2.05, 4.69) is 15.4 Å². The van der Waals surface area contributed by atoms with E-state index in [1.807, 2.05) is 72.8 Å². The summed E-state index contributed by atoms with van der Waals surface area (Å²) in [5.41, 5.74) is 3.10. The van der Waals surface area contributed by atoms with E-state index >= 15 is 0 Å². The Morgan fingerprint density at radius 3 is 2.57 bits per heavy atom. The Kier molecular flexibility index (Phi) is 5.01. The van der Waals surface area contributed by atoms with Crippen molar-refractivity contribution in [3.63, 3.8) is 0 Å². The van der Waals surface area contributed by atoms with E-state index in [1.54, 1.807) is 11.6 Å². The van der Waals surface area contributed by atoms with Crippen molar-refractivity contribution in [3.05, 3.63) is 89.8 Å². The molecule has 140 valence electrons. The van der Waals surface area contributed by atoms with Crippen molar-refractivity contribution in [1.82, 2.24) is 14.8 Å². The normalized spacial score (nSPS) is 16.0. The third kappa shape index (κ3) is 3.44. The van der Waals surface area contributed by atoms with Crippen LogP contribution < -0.4 is 5.32 Å². The summed E-state index contributed by atoms with van der Waals surface area (Å²) >= 11 is 0. The van der Waals surface area contributed by atoms with Crippen LogP contribution in [0.15, 0.2) is 78.6 Å². The van der Waals surface area contributed by atoms with Gasteiger partial charge in [-0.05, 0) is 18.1 Å². The van der Waals surface area contributed by atoms with Crippen molar-refractivity contribution in [3.8, 4) is 0 Å². The van der Waals surface area contributed by atoms with Crippen LogP contribution in [0.1, 0.15) is 24.1 Å². The number of nitrogens with one attached hydrogen (secondary N) is 1. The molecule has 6 nitrogen and oxygen atoms in total. The lowest BCUT2D eigenvalue weighted by molar-refractivity contribution is -0.138. The van der Waals surface area contributed by atoms with E-state index in [9.17, 15) is 4.79 Å². The van der Waals surface area contributed by atoms with E-state index in [0.717, 1.165) is 11.1 Å². The molecule has 28 heavy (non-hydrogen) atoms. The first-order valence-electron chi connectivity index (χ1n) is 9.14. The minimum absolute atomic E-state index is 0.295. The Morgan fingerprint density at radius 1 is 1.14 bits per heavy atom. The lowest BCUT2D eigenvalue weighted by atomic mass is 9.97. The van der Waals surface area contributed by atoms with Gasteiger partial charge >= 0.3 is 5.97 Å². The molecule has 0 spiro atoms. The van der Waals surface area contributed by atoms with Gasteiger partial charge in [-0.1, -0.05) is 72.8 Å². The average Bonchev–Trinajstić information content (AvgIpc) is 3.21. The highest BCUT2D eigenvalue weighted by molar-refractivity contribution is 6.02. The molecule has 0 radical (unpaired) electrons. The standard InChI is InChI=1S/C22H20N4O2/c1-2-28-21(27)19-18(14-13-16-9-5-3-6-10-16)26-22(23-15-24-26)25-20(19)17-11-7-4-8-12-17/h3-15,18H,2H2,1H3,(H,23,24,25)/b14-13+. The summed E-state index contributed by atoms with van der Waals surface area (Å²) in [7, 11) is 0. The van der Waals surface area contributed by atoms with Crippen molar-refractivity contribution in [2.24, 2.45) is 0 Å². The minimum Gasteiger partial charge on any atom is -0.463 e. The number of esters is 1. The number of hydrogen-bond acceptors (Lipinski definition) is 5. The zero-order valence-electron chi connectivity index (χ0n) is 15.4. The summed E-state index contributed by atoms with van der Waals surface area (Å²) in [5, 5.41) is 7.57. The van der Waals surface area contributed by atoms with Gasteiger partial charge in [0.15, 0.2) is 0 Å². The van der Waals surface area contributed by atoms with Crippen LogP contribution in [0.25, 0.3) is 11.8 Å². The van der Waals surface area contributed by atoms with Gasteiger partial charge in [0.05, 0.1) is 17.9 Å². The number of benzene rings is 2. The van der Waals surface area contributed by atoms with Gasteiger partial charge in [0.25, 0.3) is 0 Å². The second-order valence-corrected chi connectivity index (χ2v) is 6.24. The summed E-state index contributed by atoms with van der Waals surface area (Å²) < 4.78 is 7.07. The molecule has 2 aromatic carbocycles. The second-order valence-electron chi connectivity index (χ2n) is 6.24. The fraction of sp³-hybridized carbons (Fsp3) is 0.136. The Labute approximate surface area is 163 Å². The predicted octanol–water partition coefficient (Wildman–Crippen LogP) is 3.93. The monoisotopic (exact) mass is 372 g/mol. The van der Waals surface area contributed by atoms with Gasteiger partial charge in [-0.15, -0.1) is 0 Å². The molecule has 6 heteroatoms. The summed E-state index contributed by atoms with van der Waals surface area (Å²) in [5.74, 6) is 0.201. The molecule has 0 fully saturated rings. The van der Waals surface area contributed by atoms with E-state index < -0.39 is 6.04 Å². The first-order chi connectivity index (χ1) is 13.8. The van der Waals surface area contributed by atoms with Gasteiger partial charge in [0.1, 0.15) is 12.4 Å². The molecule has 1 unspecified atom stereocenters. The molecular weight excluding hydrogens is 352 g/mol. The number of nitrogens with zero attached hydrogens (tertiary/aromatic N) is 3. The van der Waals surface area contributed by atoms with Crippen molar-refractivity contribution in [1.29, 1.82) is 0 Å². The van der Waals surface area contributed by atoms with E-state index in [-0.39, 0.29) is 5.97 Å². The molecule has 1 atom stereocenters. The maximum absolute atomic E-state index is 12.9. The number of carbonyl (C=O) groups excluding carboxylic acids is 1. The smallest absolute Gasteiger partial charge is 0.338 e. The van der Waals surface area contributed by atoms with Gasteiger partial charge in [0, 0.05) is 0 Å². The first kappa shape index (κ1) is 17.7. The van der Waals surface area contributed by atoms with Crippen LogP contribution in [-0.4, -0.2) is 27.3 Å². The van der Waals surface area contributed by atoms with Crippen LogP contribution in [0.4, 0.5) is 5.95 Å². The van der Waals surface area contributed by atoms with Crippen molar-refractivity contribution in [2.75, 3.05) is 11.9 Å². The Morgan fingerprint density at radius 2 is 1.86 bits per heavy atom. The number of rotatable bonds is 5. The number of ether oxygens (including phenoxy) is 1. The predicted molar refractivity (Wildman–Crippen MR) is 108 cm³/mol. The van der Waals surface area contributed by atoms with Crippen LogP contribution >= 0.6 is 0 Å². The summed E-state index contributed by atoms with van der Waals surface area (Å²) in [6, 6.07) is 19.2. The zero-order valence-corrected chi connectivity index (χ0v) is 15.4. The van der Waals surface area contributed by atoms with Gasteiger partial charge in [-0.2, -0.15) is 10.1 Å². The number of carbonyl (C=O) groups is 1. The average molecular weight is 372 g/mol. The molecule has 0 amide bonds. The molecule has 0 aliphatic carbocycles. The lowest BCUT2D eigenvalue weighted by Gasteiger charge is -2.27. The molecule has 1 N–H and O–H groups in total. The summed E-state index contributed by atoms with van der Waals surface area (Å²) in [4.78, 5) is 17.2. The molecule has 0 saturated carbocycles. The molecule has 2 heterocycles. The number of anilines is 1. The summed E-state index contributed by atoms with van der Waals surface area (Å²) in [6.45, 7) is 2.09. The van der Waals surface area contributed by atoms with Crippen LogP contribution in [0.3, 0.4) is 0 Å². The van der Waals surface area contributed by atoms with Crippen LogP contribution in [0, 0.1) is 0 Å². The van der Waals surface area contributed by atoms with E-state index in [1.165, 1.54) is 6.33 Å². The highest BCUT2D eigenvalue weighted by Gasteiger charge is 2.33. The number of hydrogen-bond donors (Lipinski definition) is 1. The Bertz CT molecular complexity index is 1020. The largest absolute Gasteiger partial charge is 0.463 e. The van der Waals surface area contributed by atoms with Crippen molar-refractivity contribution in [2.45, 2.75) is 13.0 Å². The lowest BCUT2D eigenvalue weighted by Crippen LogP contribution is -2.28. The van der Waals surface area contributed by atoms with E-state index in [0.29, 0.717) is 23.8 Å². The maximum atomic E-state index is 12.9. The minimum atomic E-state index is -0.437. The third-order valence-electron chi connectivity index (χ3n) is 4.47. The fourth-order valence-corrected chi connectivity index (χ4v) is 3.20. The van der Waals surface area contributed by atoms with Gasteiger partial charge in [-0.3, -0.25) is 0 Å². The molecule has 1 aromatic heterocycles. The van der Waals surface area contributed by atoms with Gasteiger partial charge in [-0.25, -0.2) is 9.48 Å². The molecule has 0 saturated heterocycles. The SMILES string of the molecule is CCOC(=O)C1=C(c2ccccc2)Nc2ncnn2C1/C=C/c1ccccc1. The molecule has 1 aliphatic heterocycles. The Hall–Kier alpha value is -3.67. The second kappa shape index (κ2) is 7.92. The van der Waals surface area contributed by atoms with Gasteiger partial charge in [0.2, 0.25) is 5.95 Å². The number of fused-ring (bicyclic) bond motifs is 1. The molecule has 4 rings (SSSR count). The number of allylic oxidation sites excluding steroid dienone is 1. The fourth-order valence-electron chi connectivity index (χ4n) is 3.20. The van der Waals surface area contributed by atoms with Crippen LogP contribution in [0.5, 0.6) is 0 Å². The highest BCUT2D eigenvalue weighted by Crippen LogP contribution is 2.36. The summed E-state index contributed by atoms with van der Waals surface area (Å²) in [6.07, 6.45) is 5.40. The molecular formula is C22H20N4O2. The molecule has 3 aromatic rings.